The van der Waals surface area contributed by atoms with Gasteiger partial charge in [0.2, 0.25) is 0 Å². The van der Waals surface area contributed by atoms with Gasteiger partial charge in [0.15, 0.2) is 5.16 Å². The topological polar surface area (TPSA) is 78.0 Å². The first-order valence-electron chi connectivity index (χ1n) is 13.2. The zero-order valence-electron chi connectivity index (χ0n) is 22.8. The third kappa shape index (κ3) is 7.59. The molecule has 4 N–H and O–H groups in total. The molecule has 4 rings (SSSR count). The third-order valence-electron chi connectivity index (χ3n) is 7.07. The number of nitrogens with zero attached hydrogens (tertiary/aromatic N) is 3. The number of amidine groups is 1. The summed E-state index contributed by atoms with van der Waals surface area (Å²) in [4.78, 5) is 7.66. The lowest BCUT2D eigenvalue weighted by atomic mass is 9.85. The maximum absolute atomic E-state index is 13.3. The van der Waals surface area contributed by atoms with Crippen molar-refractivity contribution >= 4 is 48.1 Å². The molecule has 9 heteroatoms. The second kappa shape index (κ2) is 13.4. The number of rotatable bonds is 11. The molecule has 1 aromatic carbocycles. The molecule has 0 radical (unpaired) electrons. The molecule has 1 aromatic rings. The Morgan fingerprint density at radius 3 is 2.79 bits per heavy atom. The van der Waals surface area contributed by atoms with Crippen molar-refractivity contribution in [3.63, 3.8) is 0 Å². The van der Waals surface area contributed by atoms with Crippen LogP contribution in [-0.4, -0.2) is 35.8 Å². The van der Waals surface area contributed by atoms with Gasteiger partial charge in [-0.15, -0.1) is 0 Å². The van der Waals surface area contributed by atoms with Crippen LogP contribution in [0.4, 0.5) is 15.8 Å². The summed E-state index contributed by atoms with van der Waals surface area (Å²) in [6.07, 6.45) is 12.3. The van der Waals surface area contributed by atoms with E-state index >= 15 is 0 Å². The minimum atomic E-state index is -0.518. The summed E-state index contributed by atoms with van der Waals surface area (Å²) >= 11 is 0.872. The standard InChI is InChI=1S/C30H38FN6PS/c1-19(16-20(2)18-37-14-7-6-8-15-37)12-13-24-17-33-29-27(21(24)3)30(35-34-29)38-36-26-11-9-10-25(28(26)32)22(4)39-23(5)31/h9-13,16-17,21,27,36,38H,2,4-8,14-15,18,32H2,1,3H3,(H,33,34)/b13-12+,19-16-. The van der Waals surface area contributed by atoms with E-state index in [1.54, 1.807) is 0 Å². The van der Waals surface area contributed by atoms with E-state index in [2.05, 4.69) is 77.3 Å². The second-order valence-corrected chi connectivity index (χ2v) is 12.3. The van der Waals surface area contributed by atoms with Crippen LogP contribution in [-0.2, 0) is 0 Å². The summed E-state index contributed by atoms with van der Waals surface area (Å²) in [5.74, 6) is 1.12. The Bertz CT molecular complexity index is 1290. The van der Waals surface area contributed by atoms with E-state index in [-0.39, 0.29) is 20.6 Å². The largest absolute Gasteiger partial charge is 0.397 e. The molecular weight excluding hydrogens is 526 g/mol. The molecule has 39 heavy (non-hydrogen) atoms. The van der Waals surface area contributed by atoms with Crippen molar-refractivity contribution in [1.82, 2.24) is 10.3 Å². The van der Waals surface area contributed by atoms with Gasteiger partial charge in [0.05, 0.1) is 22.7 Å². The van der Waals surface area contributed by atoms with Crippen LogP contribution < -0.4 is 16.2 Å². The number of thioether (sulfide) groups is 1. The number of benzene rings is 1. The number of piperidine rings is 1. The molecule has 206 valence electrons. The predicted octanol–water partition coefficient (Wildman–Crippen LogP) is 7.43. The highest BCUT2D eigenvalue weighted by atomic mass is 32.2. The van der Waals surface area contributed by atoms with E-state index in [1.807, 2.05) is 24.4 Å². The van der Waals surface area contributed by atoms with Gasteiger partial charge in [-0.1, -0.05) is 80.8 Å². The Hall–Kier alpha value is -2.93. The number of hydrogen-bond donors (Lipinski definition) is 3. The highest BCUT2D eigenvalue weighted by Crippen LogP contribution is 2.40. The summed E-state index contributed by atoms with van der Waals surface area (Å²) in [6.45, 7) is 19.1. The van der Waals surface area contributed by atoms with Crippen molar-refractivity contribution < 1.29 is 4.39 Å². The Balaban J connectivity index is 1.37. The fourth-order valence-corrected chi connectivity index (χ4v) is 6.70. The Kier molecular flexibility index (Phi) is 10.0. The molecule has 3 atom stereocenters. The van der Waals surface area contributed by atoms with Crippen molar-refractivity contribution in [3.05, 3.63) is 89.8 Å². The lowest BCUT2D eigenvalue weighted by Gasteiger charge is -2.26. The SMILES string of the molecule is C=C(/C=C(C)\C=C\C1=CN=C2NN=C(PNc3cccc(C(=C)SC(=C)F)c3N)C2C1C)CN1CCCCC1. The van der Waals surface area contributed by atoms with Gasteiger partial charge in [-0.2, -0.15) is 9.49 Å². The molecule has 6 nitrogen and oxygen atoms in total. The van der Waals surface area contributed by atoms with Crippen molar-refractivity contribution in [2.45, 2.75) is 33.1 Å². The van der Waals surface area contributed by atoms with Gasteiger partial charge < -0.3 is 10.8 Å². The average molecular weight is 565 g/mol. The predicted molar refractivity (Wildman–Crippen MR) is 171 cm³/mol. The number of likely N-dealkylation sites (tertiary alicyclic amines) is 1. The summed E-state index contributed by atoms with van der Waals surface area (Å²) in [5.41, 5.74) is 15.9. The van der Waals surface area contributed by atoms with Crippen LogP contribution in [0.25, 0.3) is 4.91 Å². The molecule has 0 amide bonds. The van der Waals surface area contributed by atoms with Gasteiger partial charge >= 0.3 is 0 Å². The summed E-state index contributed by atoms with van der Waals surface area (Å²) in [5, 5.41) is 7.48. The molecule has 3 heterocycles. The maximum Gasteiger partial charge on any atom is 0.154 e. The van der Waals surface area contributed by atoms with Crippen LogP contribution >= 0.6 is 20.5 Å². The summed E-state index contributed by atoms with van der Waals surface area (Å²) in [7, 11) is 0.197. The number of anilines is 2. The zero-order valence-corrected chi connectivity index (χ0v) is 24.6. The quantitative estimate of drug-likeness (QED) is 0.148. The molecule has 0 aromatic heterocycles. The number of nitrogens with one attached hydrogen (secondary N) is 2. The van der Waals surface area contributed by atoms with Crippen LogP contribution in [0.3, 0.4) is 0 Å². The van der Waals surface area contributed by atoms with Crippen LogP contribution in [0.5, 0.6) is 0 Å². The first kappa shape index (κ1) is 29.1. The molecule has 3 aliphatic rings. The van der Waals surface area contributed by atoms with Crippen molar-refractivity contribution in [2.75, 3.05) is 30.5 Å². The number of halogens is 1. The normalized spacial score (nSPS) is 21.8. The van der Waals surface area contributed by atoms with Crippen molar-refractivity contribution in [2.24, 2.45) is 21.9 Å². The highest BCUT2D eigenvalue weighted by molar-refractivity contribution is 8.11. The Morgan fingerprint density at radius 2 is 2.05 bits per heavy atom. The van der Waals surface area contributed by atoms with E-state index in [9.17, 15) is 4.39 Å². The zero-order chi connectivity index (χ0) is 27.9. The van der Waals surface area contributed by atoms with Crippen LogP contribution in [0.1, 0.15) is 38.7 Å². The molecule has 0 bridgehead atoms. The number of nitrogen functional groups attached to an aromatic ring is 1. The van der Waals surface area contributed by atoms with Crippen molar-refractivity contribution in [3.8, 4) is 0 Å². The number of allylic oxidation sites excluding steroid dienone is 4. The lowest BCUT2D eigenvalue weighted by Crippen LogP contribution is -2.31. The molecule has 0 spiro atoms. The third-order valence-corrected chi connectivity index (χ3v) is 8.83. The van der Waals surface area contributed by atoms with Gasteiger partial charge in [-0.25, -0.2) is 4.99 Å². The van der Waals surface area contributed by atoms with Gasteiger partial charge in [-0.05, 0) is 56.0 Å². The Labute approximate surface area is 237 Å². The second-order valence-electron chi connectivity index (χ2n) is 10.1. The molecule has 1 fully saturated rings. The van der Waals surface area contributed by atoms with Gasteiger partial charge in [0, 0.05) is 31.9 Å². The smallest absolute Gasteiger partial charge is 0.154 e. The number of hydrazone groups is 1. The van der Waals surface area contributed by atoms with Gasteiger partial charge in [0.25, 0.3) is 0 Å². The molecular formula is C30H38FN6PS. The van der Waals surface area contributed by atoms with Crippen LogP contribution in [0.2, 0.25) is 0 Å². The molecule has 0 saturated carbocycles. The van der Waals surface area contributed by atoms with Crippen molar-refractivity contribution in [1.29, 1.82) is 0 Å². The number of para-hydroxylation sites is 1. The molecule has 3 aliphatic heterocycles. The van der Waals surface area contributed by atoms with Crippen LogP contribution in [0.15, 0.2) is 94.3 Å². The van der Waals surface area contributed by atoms with E-state index < -0.39 is 5.16 Å². The fraction of sp³-hybridized carbons (Fsp3) is 0.333. The van der Waals surface area contributed by atoms with E-state index in [1.165, 1.54) is 37.9 Å². The highest BCUT2D eigenvalue weighted by Gasteiger charge is 2.36. The van der Waals surface area contributed by atoms with Gasteiger partial charge in [-0.3, -0.25) is 10.3 Å². The fourth-order valence-electron chi connectivity index (χ4n) is 5.01. The first-order chi connectivity index (χ1) is 18.7. The minimum Gasteiger partial charge on any atom is -0.397 e. The number of aliphatic imine (C=N–C) groups is 1. The number of fused-ring (bicyclic) bond motifs is 1. The van der Waals surface area contributed by atoms with Crippen LogP contribution in [0, 0.1) is 11.8 Å². The number of hydrogen-bond acceptors (Lipinski definition) is 7. The molecule has 3 unspecified atom stereocenters. The average Bonchev–Trinajstić information content (AvgIpc) is 3.31. The van der Waals surface area contributed by atoms with E-state index in [0.29, 0.717) is 16.2 Å². The molecule has 1 saturated heterocycles. The first-order valence-corrected chi connectivity index (χ1v) is 15.0. The monoisotopic (exact) mass is 564 g/mol. The summed E-state index contributed by atoms with van der Waals surface area (Å²) in [6, 6.07) is 5.60. The lowest BCUT2D eigenvalue weighted by molar-refractivity contribution is 0.248. The summed E-state index contributed by atoms with van der Waals surface area (Å²) < 4.78 is 13.3. The molecule has 0 aliphatic carbocycles. The van der Waals surface area contributed by atoms with Gasteiger partial charge in [0.1, 0.15) is 5.84 Å². The Morgan fingerprint density at radius 1 is 1.28 bits per heavy atom. The van der Waals surface area contributed by atoms with E-state index in [0.717, 1.165) is 46.4 Å². The maximum atomic E-state index is 13.3. The number of nitrogens with two attached hydrogens (primary N) is 1. The minimum absolute atomic E-state index is 0.0589. The van der Waals surface area contributed by atoms with E-state index in [4.69, 9.17) is 5.73 Å².